The molecule has 2 amide bonds. The van der Waals surface area contributed by atoms with Crippen molar-refractivity contribution in [2.45, 2.75) is 145 Å². The number of anilines is 3. The molecule has 0 spiro atoms. The predicted molar refractivity (Wildman–Crippen MR) is 450 cm³/mol. The molecule has 0 radical (unpaired) electrons. The van der Waals surface area contributed by atoms with Crippen molar-refractivity contribution in [1.29, 1.82) is 0 Å². The number of nitrogens with one attached hydrogen (secondary N) is 1. The minimum Gasteiger partial charge on any atom is -0.497 e. The van der Waals surface area contributed by atoms with Gasteiger partial charge in [0.05, 0.1) is 36.0 Å². The van der Waals surface area contributed by atoms with Gasteiger partial charge in [0.15, 0.2) is 0 Å². The van der Waals surface area contributed by atoms with E-state index in [9.17, 15) is 39.6 Å². The lowest BCUT2D eigenvalue weighted by Gasteiger charge is -2.36. The van der Waals surface area contributed by atoms with E-state index < -0.39 is 30.1 Å². The van der Waals surface area contributed by atoms with Crippen LogP contribution in [0.2, 0.25) is 0 Å². The van der Waals surface area contributed by atoms with Gasteiger partial charge in [0.25, 0.3) is 6.47 Å². The molecule has 3 heterocycles. The Kier molecular flexibility index (Phi) is 36.1. The number of carbonyl (C=O) groups excluding carboxylic acids is 3. The fraction of sp³-hybridized carbons (Fsp3) is 0.536. The highest BCUT2D eigenvalue weighted by Gasteiger charge is 2.31. The summed E-state index contributed by atoms with van der Waals surface area (Å²) in [5.41, 5.74) is 11.0. The molecule has 0 aliphatic carbocycles. The van der Waals surface area contributed by atoms with E-state index in [0.717, 1.165) is 79.9 Å². The van der Waals surface area contributed by atoms with Gasteiger partial charge in [-0.25, -0.2) is 33.9 Å². The first-order valence-electron chi connectivity index (χ1n) is 38.5. The number of hydrogen-bond donors (Lipinski definition) is 1. The molecule has 3 fully saturated rings. The van der Waals surface area contributed by atoms with Gasteiger partial charge in [0.2, 0.25) is 41.9 Å². The average Bonchev–Trinajstić information content (AvgIpc) is 0.792. The van der Waals surface area contributed by atoms with E-state index in [1.807, 2.05) is 7.05 Å². The molecule has 9 rings (SSSR count). The lowest BCUT2D eigenvalue weighted by Crippen LogP contribution is -2.41. The Labute approximate surface area is 670 Å². The first-order valence-corrected chi connectivity index (χ1v) is 42.8. The molecule has 6 aromatic rings. The quantitative estimate of drug-likeness (QED) is 0.0314. The number of sulfonamides is 3. The topological polar surface area (TPSA) is 238 Å². The second-order valence-electron chi connectivity index (χ2n) is 30.3. The first-order chi connectivity index (χ1) is 52.9. The van der Waals surface area contributed by atoms with Crippen molar-refractivity contribution in [2.24, 2.45) is 0 Å². The number of ether oxygens (including phenoxy) is 4. The van der Waals surface area contributed by atoms with Crippen molar-refractivity contribution in [2.75, 3.05) is 186 Å². The summed E-state index contributed by atoms with van der Waals surface area (Å²) in [6, 6.07) is 38.0. The first kappa shape index (κ1) is 93.0. The van der Waals surface area contributed by atoms with Crippen molar-refractivity contribution in [3.05, 3.63) is 159 Å². The molecule has 3 aliphatic rings. The molecule has 3 aliphatic heterocycles. The number of likely N-dealkylation sites (N-methyl/N-ethyl adjacent to an activating group) is 1. The van der Waals surface area contributed by atoms with Gasteiger partial charge in [0, 0.05) is 162 Å². The summed E-state index contributed by atoms with van der Waals surface area (Å²) in [7, 11) is 16.5. The highest BCUT2D eigenvalue weighted by molar-refractivity contribution is 7.89. The van der Waals surface area contributed by atoms with Crippen LogP contribution >= 0.6 is 0 Å². The second-order valence-corrected chi connectivity index (χ2v) is 36.2. The molecule has 0 bridgehead atoms. The number of piperidine rings is 3. The van der Waals surface area contributed by atoms with Crippen LogP contribution in [0.15, 0.2) is 124 Å². The number of hydrogen-bond acceptors (Lipinski definition) is 20. The third kappa shape index (κ3) is 26.1. The molecule has 3 saturated heterocycles. The van der Waals surface area contributed by atoms with Gasteiger partial charge < -0.3 is 63.5 Å². The lowest BCUT2D eigenvalue weighted by atomic mass is 10.0. The Morgan fingerprint density at radius 1 is 0.411 bits per heavy atom. The van der Waals surface area contributed by atoms with Crippen LogP contribution in [0.3, 0.4) is 0 Å². The van der Waals surface area contributed by atoms with E-state index in [1.54, 1.807) is 116 Å². The maximum absolute atomic E-state index is 13.2. The van der Waals surface area contributed by atoms with Gasteiger partial charge in [-0.1, -0.05) is 36.4 Å². The van der Waals surface area contributed by atoms with Gasteiger partial charge in [-0.15, -0.1) is 0 Å². The molecular weight excluding hydrogens is 1480 g/mol. The molecule has 0 saturated carbocycles. The zero-order valence-corrected chi connectivity index (χ0v) is 73.0. The van der Waals surface area contributed by atoms with Gasteiger partial charge in [-0.05, 0) is 252 Å². The smallest absolute Gasteiger partial charge is 0.293 e. The van der Waals surface area contributed by atoms with E-state index in [2.05, 4.69) is 155 Å². The summed E-state index contributed by atoms with van der Waals surface area (Å²) in [5, 5.41) is 3.18. The summed E-state index contributed by atoms with van der Waals surface area (Å²) in [6.45, 7) is 19.6. The highest BCUT2D eigenvalue weighted by Crippen LogP contribution is 2.33. The third-order valence-electron chi connectivity index (χ3n) is 21.4. The van der Waals surface area contributed by atoms with Crippen LogP contribution in [-0.4, -0.2) is 270 Å². The van der Waals surface area contributed by atoms with Crippen LogP contribution in [0.1, 0.15) is 101 Å². The number of aryl methyl sites for hydroxylation is 6. The van der Waals surface area contributed by atoms with Crippen molar-refractivity contribution in [3.63, 3.8) is 0 Å². The Bertz CT molecular complexity index is 4080. The molecular formula is C84H128N12O13S3. The fourth-order valence-corrected chi connectivity index (χ4v) is 19.3. The van der Waals surface area contributed by atoms with Crippen LogP contribution in [0, 0.1) is 41.5 Å². The normalized spacial score (nSPS) is 14.7. The van der Waals surface area contributed by atoms with E-state index in [4.69, 9.17) is 14.2 Å². The number of rotatable bonds is 31. The van der Waals surface area contributed by atoms with Crippen LogP contribution in [0.25, 0.3) is 0 Å². The molecule has 25 nitrogen and oxygen atoms in total. The van der Waals surface area contributed by atoms with Crippen molar-refractivity contribution in [3.8, 4) is 17.2 Å². The zero-order chi connectivity index (χ0) is 82.9. The Hall–Kier alpha value is -7.90. The maximum atomic E-state index is 13.2. The maximum Gasteiger partial charge on any atom is 0.293 e. The number of carbonyl (C=O) groups is 3. The summed E-state index contributed by atoms with van der Waals surface area (Å²) < 4.78 is 102. The van der Waals surface area contributed by atoms with Crippen molar-refractivity contribution in [1.82, 2.24) is 42.7 Å². The van der Waals surface area contributed by atoms with Crippen LogP contribution in [0.4, 0.5) is 17.1 Å². The van der Waals surface area contributed by atoms with Gasteiger partial charge >= 0.3 is 0 Å². The van der Waals surface area contributed by atoms with Gasteiger partial charge in [-0.3, -0.25) is 14.4 Å². The molecule has 0 unspecified atom stereocenters. The minimum atomic E-state index is -3.73. The van der Waals surface area contributed by atoms with E-state index in [1.165, 1.54) is 85.4 Å². The third-order valence-corrected chi connectivity index (χ3v) is 27.9. The Morgan fingerprint density at radius 2 is 0.661 bits per heavy atom. The molecule has 28 heteroatoms. The molecule has 620 valence electrons. The SMILES string of the molecule is CNCc1ccc(N2CCC(N(C)C)CC2)cc1.COc1cc(C)c(S(=O)(=O)N(C)CCC(=O)N(C)Cc2ccc(N3CCC(N(C)C)CC3)cc2)c(C)c1.COc1cc(C)c(S(=O)(=O)N(C)CCC(=O)N(C)Cc2ccc(N3CCC(N(C)C)CC3)cc2)c(C)c1.COc1cc(C)c(S(=O)(=O)N(C)CCOC=O)c(C)c1. The predicted octanol–water partition coefficient (Wildman–Crippen LogP) is 10.1. The average molecular weight is 1610 g/mol. The van der Waals surface area contributed by atoms with E-state index >= 15 is 0 Å². The highest BCUT2D eigenvalue weighted by atomic mass is 32.2. The molecule has 1 N–H and O–H groups in total. The van der Waals surface area contributed by atoms with Crippen LogP contribution in [-0.2, 0) is 68.8 Å². The molecule has 0 atom stereocenters. The standard InChI is InChI=1S/2C28H42N4O4S.C15H25N3.C13H19NO5S/c2*1-21-18-26(36-7)19-22(2)28(21)37(34,35)31(6)15-14-27(33)30(5)20-23-8-10-25(11-9-23)32-16-12-24(13-17-32)29(3)4;1-16-12-13-4-6-15(7-5-13)18-10-8-14(9-11-18)17(2)3;1-10-7-12(18-4)8-11(2)13(10)20(16,17)14(3)5-6-19-9-15/h2*8-11,18-19,24H,12-17,20H2,1-7H3;4-7,14,16H,8-12H2,1-3H3;7-9H,5-6H2,1-4H3. The fourth-order valence-electron chi connectivity index (χ4n) is 14.5. The summed E-state index contributed by atoms with van der Waals surface area (Å²) in [6.07, 6.45) is 7.40. The number of methoxy groups -OCH3 is 3. The Balaban J connectivity index is 0.000000244. The van der Waals surface area contributed by atoms with Crippen LogP contribution < -0.4 is 34.2 Å². The lowest BCUT2D eigenvalue weighted by molar-refractivity contribution is -0.131. The molecule has 0 aromatic heterocycles. The van der Waals surface area contributed by atoms with Gasteiger partial charge in [0.1, 0.15) is 23.9 Å². The zero-order valence-electron chi connectivity index (χ0n) is 70.5. The largest absolute Gasteiger partial charge is 0.497 e. The second kappa shape index (κ2) is 43.5. The van der Waals surface area contributed by atoms with Gasteiger partial charge in [-0.2, -0.15) is 4.31 Å². The van der Waals surface area contributed by atoms with Crippen LogP contribution in [0.5, 0.6) is 17.2 Å². The summed E-state index contributed by atoms with van der Waals surface area (Å²) in [5.74, 6) is 1.66. The van der Waals surface area contributed by atoms with E-state index in [-0.39, 0.29) is 65.6 Å². The Morgan fingerprint density at radius 3 is 0.893 bits per heavy atom. The summed E-state index contributed by atoms with van der Waals surface area (Å²) >= 11 is 0. The van der Waals surface area contributed by atoms with Crippen molar-refractivity contribution < 1.29 is 58.6 Å². The summed E-state index contributed by atoms with van der Waals surface area (Å²) in [4.78, 5) is 54.1. The number of amides is 2. The molecule has 112 heavy (non-hydrogen) atoms. The van der Waals surface area contributed by atoms with E-state index in [0.29, 0.717) is 82.3 Å². The minimum absolute atomic E-state index is 0.0213. The molecule has 6 aromatic carbocycles. The van der Waals surface area contributed by atoms with Crippen molar-refractivity contribution >= 4 is 65.4 Å². The number of nitrogens with zero attached hydrogens (tertiary/aromatic N) is 11. The monoisotopic (exact) mass is 1610 g/mol. The number of benzene rings is 6.